The molecule has 0 bridgehead atoms. The number of hydrogen-bond donors (Lipinski definition) is 1. The SMILES string of the molecule is COc1cc(/C=C2/NC(=S)N(c3cccc(C)c3)C2=O)ccc1OCc1ccccc1. The van der Waals surface area contributed by atoms with Gasteiger partial charge in [-0.1, -0.05) is 48.5 Å². The predicted molar refractivity (Wildman–Crippen MR) is 126 cm³/mol. The molecule has 0 saturated carbocycles. The Hall–Kier alpha value is -3.64. The molecule has 0 atom stereocenters. The summed E-state index contributed by atoms with van der Waals surface area (Å²) in [5.74, 6) is 1.03. The van der Waals surface area contributed by atoms with Crippen molar-refractivity contribution in [2.24, 2.45) is 0 Å². The summed E-state index contributed by atoms with van der Waals surface area (Å²) in [6.45, 7) is 2.42. The van der Waals surface area contributed by atoms with Gasteiger partial charge in [-0.15, -0.1) is 0 Å². The summed E-state index contributed by atoms with van der Waals surface area (Å²) in [6, 6.07) is 23.1. The lowest BCUT2D eigenvalue weighted by molar-refractivity contribution is -0.113. The van der Waals surface area contributed by atoms with Crippen LogP contribution in [0.15, 0.2) is 78.5 Å². The van der Waals surface area contributed by atoms with Crippen LogP contribution in [-0.4, -0.2) is 18.1 Å². The fraction of sp³-hybridized carbons (Fsp3) is 0.120. The monoisotopic (exact) mass is 430 g/mol. The Morgan fingerprint density at radius 1 is 1.00 bits per heavy atom. The number of thiocarbonyl (C=S) groups is 1. The lowest BCUT2D eigenvalue weighted by Crippen LogP contribution is -2.30. The number of carbonyl (C=O) groups excluding carboxylic acids is 1. The van der Waals surface area contributed by atoms with Crippen LogP contribution in [0.1, 0.15) is 16.7 Å². The van der Waals surface area contributed by atoms with Crippen molar-refractivity contribution in [1.29, 1.82) is 0 Å². The number of amides is 1. The van der Waals surface area contributed by atoms with E-state index < -0.39 is 0 Å². The van der Waals surface area contributed by atoms with Crippen molar-refractivity contribution in [3.05, 3.63) is 95.2 Å². The van der Waals surface area contributed by atoms with Crippen molar-refractivity contribution in [2.45, 2.75) is 13.5 Å². The second kappa shape index (κ2) is 9.02. The number of rotatable bonds is 6. The van der Waals surface area contributed by atoms with Gasteiger partial charge in [-0.2, -0.15) is 0 Å². The molecule has 1 N–H and O–H groups in total. The van der Waals surface area contributed by atoms with E-state index in [-0.39, 0.29) is 5.91 Å². The van der Waals surface area contributed by atoms with E-state index in [0.717, 1.165) is 22.4 Å². The molecule has 1 heterocycles. The van der Waals surface area contributed by atoms with Crippen LogP contribution in [0, 0.1) is 6.92 Å². The maximum Gasteiger partial charge on any atom is 0.281 e. The second-order valence-electron chi connectivity index (χ2n) is 7.15. The highest BCUT2D eigenvalue weighted by molar-refractivity contribution is 7.80. The molecule has 0 unspecified atom stereocenters. The highest BCUT2D eigenvalue weighted by atomic mass is 32.1. The molecule has 1 aliphatic heterocycles. The maximum absolute atomic E-state index is 13.0. The number of nitrogens with one attached hydrogen (secondary N) is 1. The van der Waals surface area contributed by atoms with E-state index in [1.807, 2.05) is 79.7 Å². The van der Waals surface area contributed by atoms with Gasteiger partial charge in [-0.25, -0.2) is 0 Å². The molecular weight excluding hydrogens is 408 g/mol. The van der Waals surface area contributed by atoms with Crippen LogP contribution >= 0.6 is 12.2 Å². The van der Waals surface area contributed by atoms with Gasteiger partial charge in [0.25, 0.3) is 5.91 Å². The van der Waals surface area contributed by atoms with Gasteiger partial charge in [0.15, 0.2) is 16.6 Å². The number of methoxy groups -OCH3 is 1. The van der Waals surface area contributed by atoms with Gasteiger partial charge >= 0.3 is 0 Å². The van der Waals surface area contributed by atoms with Crippen LogP contribution in [0.25, 0.3) is 6.08 Å². The van der Waals surface area contributed by atoms with Crippen molar-refractivity contribution in [3.63, 3.8) is 0 Å². The van der Waals surface area contributed by atoms with Crippen molar-refractivity contribution >= 4 is 35.0 Å². The van der Waals surface area contributed by atoms with E-state index in [2.05, 4.69) is 5.32 Å². The molecule has 0 aliphatic carbocycles. The molecule has 1 saturated heterocycles. The first-order valence-corrected chi connectivity index (χ1v) is 10.2. The van der Waals surface area contributed by atoms with Gasteiger partial charge in [0.1, 0.15) is 12.3 Å². The van der Waals surface area contributed by atoms with E-state index in [4.69, 9.17) is 21.7 Å². The molecule has 1 aliphatic rings. The number of nitrogens with zero attached hydrogens (tertiary/aromatic N) is 1. The van der Waals surface area contributed by atoms with Gasteiger partial charge < -0.3 is 14.8 Å². The highest BCUT2D eigenvalue weighted by Crippen LogP contribution is 2.30. The van der Waals surface area contributed by atoms with Crippen LogP contribution in [-0.2, 0) is 11.4 Å². The Bertz CT molecular complexity index is 1160. The van der Waals surface area contributed by atoms with Crippen molar-refractivity contribution in [1.82, 2.24) is 5.32 Å². The summed E-state index contributed by atoms with van der Waals surface area (Å²) in [6.07, 6.45) is 1.76. The van der Waals surface area contributed by atoms with Gasteiger partial charge in [0.2, 0.25) is 0 Å². The molecule has 3 aromatic carbocycles. The summed E-state index contributed by atoms with van der Waals surface area (Å²) < 4.78 is 11.4. The van der Waals surface area contributed by atoms with Crippen molar-refractivity contribution in [3.8, 4) is 11.5 Å². The van der Waals surface area contributed by atoms with Crippen LogP contribution in [0.4, 0.5) is 5.69 Å². The van der Waals surface area contributed by atoms with E-state index in [0.29, 0.717) is 28.9 Å². The van der Waals surface area contributed by atoms with Crippen molar-refractivity contribution < 1.29 is 14.3 Å². The molecule has 0 radical (unpaired) electrons. The molecule has 156 valence electrons. The number of hydrogen-bond acceptors (Lipinski definition) is 4. The Morgan fingerprint density at radius 3 is 2.55 bits per heavy atom. The number of anilines is 1. The lowest BCUT2D eigenvalue weighted by Gasteiger charge is -2.14. The minimum atomic E-state index is -0.195. The minimum Gasteiger partial charge on any atom is -0.493 e. The third-order valence-corrected chi connectivity index (χ3v) is 5.16. The van der Waals surface area contributed by atoms with Crippen LogP contribution in [0.5, 0.6) is 11.5 Å². The van der Waals surface area contributed by atoms with Gasteiger partial charge in [-0.3, -0.25) is 9.69 Å². The third-order valence-electron chi connectivity index (χ3n) is 4.87. The Labute approximate surface area is 186 Å². The van der Waals surface area contributed by atoms with E-state index in [1.54, 1.807) is 13.2 Å². The summed E-state index contributed by atoms with van der Waals surface area (Å²) >= 11 is 5.39. The largest absolute Gasteiger partial charge is 0.493 e. The first kappa shape index (κ1) is 20.6. The topological polar surface area (TPSA) is 50.8 Å². The smallest absolute Gasteiger partial charge is 0.281 e. The van der Waals surface area contributed by atoms with Gasteiger partial charge in [0, 0.05) is 0 Å². The predicted octanol–water partition coefficient (Wildman–Crippen LogP) is 4.84. The van der Waals surface area contributed by atoms with Crippen LogP contribution in [0.3, 0.4) is 0 Å². The first-order valence-electron chi connectivity index (χ1n) is 9.84. The third kappa shape index (κ3) is 4.59. The summed E-state index contributed by atoms with van der Waals surface area (Å²) in [5, 5.41) is 3.37. The van der Waals surface area contributed by atoms with E-state index in [9.17, 15) is 4.79 Å². The number of aryl methyl sites for hydroxylation is 1. The Kier molecular flexibility index (Phi) is 6.00. The van der Waals surface area contributed by atoms with Crippen molar-refractivity contribution in [2.75, 3.05) is 12.0 Å². The minimum absolute atomic E-state index is 0.195. The maximum atomic E-state index is 13.0. The Balaban J connectivity index is 1.54. The molecule has 31 heavy (non-hydrogen) atoms. The standard InChI is InChI=1S/C25H22N2O3S/c1-17-7-6-10-20(13-17)27-24(28)21(26-25(27)31)14-19-11-12-22(23(15-19)29-2)30-16-18-8-4-3-5-9-18/h3-15H,16H2,1-2H3,(H,26,31)/b21-14+. The number of benzene rings is 3. The summed E-state index contributed by atoms with van der Waals surface area (Å²) in [7, 11) is 1.59. The molecule has 3 aromatic rings. The molecular formula is C25H22N2O3S. The average molecular weight is 431 g/mol. The fourth-order valence-electron chi connectivity index (χ4n) is 3.33. The quantitative estimate of drug-likeness (QED) is 0.448. The molecule has 4 rings (SSSR count). The van der Waals surface area contributed by atoms with Gasteiger partial charge in [-0.05, 0) is 66.2 Å². The highest BCUT2D eigenvalue weighted by Gasteiger charge is 2.32. The average Bonchev–Trinajstić information content (AvgIpc) is 3.06. The van der Waals surface area contributed by atoms with E-state index in [1.165, 1.54) is 4.90 Å². The zero-order valence-electron chi connectivity index (χ0n) is 17.3. The molecule has 6 heteroatoms. The molecule has 5 nitrogen and oxygen atoms in total. The number of carbonyl (C=O) groups is 1. The Morgan fingerprint density at radius 2 is 1.81 bits per heavy atom. The van der Waals surface area contributed by atoms with Crippen LogP contribution < -0.4 is 19.7 Å². The summed E-state index contributed by atoms with van der Waals surface area (Å²) in [4.78, 5) is 14.5. The van der Waals surface area contributed by atoms with E-state index >= 15 is 0 Å². The lowest BCUT2D eigenvalue weighted by atomic mass is 10.1. The molecule has 0 aromatic heterocycles. The fourth-order valence-corrected chi connectivity index (χ4v) is 3.63. The first-order chi connectivity index (χ1) is 15.0. The van der Waals surface area contributed by atoms with Crippen LogP contribution in [0.2, 0.25) is 0 Å². The summed E-state index contributed by atoms with van der Waals surface area (Å²) in [5.41, 5.74) is 4.08. The zero-order chi connectivity index (χ0) is 21.8. The van der Waals surface area contributed by atoms with Gasteiger partial charge in [0.05, 0.1) is 12.8 Å². The molecule has 1 amide bonds. The molecule has 0 spiro atoms. The number of ether oxygens (including phenoxy) is 2. The zero-order valence-corrected chi connectivity index (χ0v) is 18.1. The normalized spacial score (nSPS) is 14.6. The molecule has 1 fully saturated rings. The second-order valence-corrected chi connectivity index (χ2v) is 7.54.